The van der Waals surface area contributed by atoms with Crippen LogP contribution in [-0.2, 0) is 23.7 Å². The third-order valence-electron chi connectivity index (χ3n) is 5.57. The fraction of sp³-hybridized carbons (Fsp3) is 0.250. The van der Waals surface area contributed by atoms with Gasteiger partial charge >= 0.3 is 17.9 Å². The smallest absolute Gasteiger partial charge is 0.338 e. The molecule has 0 unspecified atom stereocenters. The van der Waals surface area contributed by atoms with Crippen LogP contribution in [0.25, 0.3) is 0 Å². The van der Waals surface area contributed by atoms with E-state index in [2.05, 4.69) is 0 Å². The van der Waals surface area contributed by atoms with Gasteiger partial charge in [0, 0.05) is 17.6 Å². The Balaban J connectivity index is 1.63. The molecule has 0 spiro atoms. The van der Waals surface area contributed by atoms with Crippen LogP contribution in [0.3, 0.4) is 0 Å². The minimum absolute atomic E-state index is 0.230. The van der Waals surface area contributed by atoms with E-state index in [1.165, 1.54) is 18.7 Å². The number of thioether (sulfide) groups is 1. The van der Waals surface area contributed by atoms with Gasteiger partial charge < -0.3 is 24.1 Å². The largest absolute Gasteiger partial charge is 0.456 e. The van der Waals surface area contributed by atoms with Crippen LogP contribution in [0, 0.1) is 0 Å². The van der Waals surface area contributed by atoms with Crippen molar-refractivity contribution in [3.05, 3.63) is 102 Å². The van der Waals surface area contributed by atoms with Crippen molar-refractivity contribution in [2.24, 2.45) is 0 Å². The number of esters is 3. The Bertz CT molecular complexity index is 1190. The van der Waals surface area contributed by atoms with Crippen molar-refractivity contribution in [2.45, 2.75) is 42.5 Å². The van der Waals surface area contributed by atoms with Gasteiger partial charge in [-0.15, -0.1) is 11.8 Å². The van der Waals surface area contributed by atoms with Gasteiger partial charge in [0.1, 0.15) is 6.10 Å². The first-order chi connectivity index (χ1) is 17.9. The monoisotopic (exact) mass is 522 g/mol. The molecule has 192 valence electrons. The number of aliphatic hydroxyl groups is 1. The zero-order chi connectivity index (χ0) is 26.2. The van der Waals surface area contributed by atoms with Crippen LogP contribution >= 0.6 is 11.8 Å². The van der Waals surface area contributed by atoms with Gasteiger partial charge in [-0.3, -0.25) is 4.79 Å². The van der Waals surface area contributed by atoms with E-state index in [1.54, 1.807) is 60.7 Å². The second-order valence-electron chi connectivity index (χ2n) is 8.24. The molecular formula is C28H26O8S. The maximum Gasteiger partial charge on any atom is 0.338 e. The fourth-order valence-electron chi connectivity index (χ4n) is 3.85. The Morgan fingerprint density at radius 3 is 1.73 bits per heavy atom. The minimum atomic E-state index is -1.64. The molecule has 9 heteroatoms. The number of aliphatic hydroxyl groups excluding tert-OH is 1. The molecule has 1 saturated heterocycles. The summed E-state index contributed by atoms with van der Waals surface area (Å²) in [6, 6.07) is 25.8. The Labute approximate surface area is 218 Å². The predicted molar refractivity (Wildman–Crippen MR) is 135 cm³/mol. The summed E-state index contributed by atoms with van der Waals surface area (Å²) in [5.41, 5.74) is 0.474. The van der Waals surface area contributed by atoms with Gasteiger partial charge in [-0.2, -0.15) is 0 Å². The topological polar surface area (TPSA) is 108 Å². The van der Waals surface area contributed by atoms with Crippen LogP contribution in [-0.4, -0.2) is 59.5 Å². The number of rotatable bonds is 8. The lowest BCUT2D eigenvalue weighted by Gasteiger charge is -2.43. The second kappa shape index (κ2) is 12.5. The molecule has 0 saturated carbocycles. The molecule has 4 rings (SSSR count). The SMILES string of the molecule is CC(=O)O[C@H]1[C@H](OC(=O)c2ccccc2)[C@@H](OC(=O)c2ccccc2)[C@@H](O)O[C@@H]1CSc1ccccc1. The quantitative estimate of drug-likeness (QED) is 0.268. The Kier molecular flexibility index (Phi) is 8.95. The minimum Gasteiger partial charge on any atom is -0.456 e. The van der Waals surface area contributed by atoms with E-state index in [-0.39, 0.29) is 16.9 Å². The molecule has 3 aromatic rings. The Morgan fingerprint density at radius 2 is 1.22 bits per heavy atom. The molecule has 0 aromatic heterocycles. The van der Waals surface area contributed by atoms with Crippen molar-refractivity contribution in [3.63, 3.8) is 0 Å². The zero-order valence-electron chi connectivity index (χ0n) is 20.0. The Hall–Kier alpha value is -3.66. The summed E-state index contributed by atoms with van der Waals surface area (Å²) in [5, 5.41) is 10.9. The first kappa shape index (κ1) is 26.4. The molecule has 37 heavy (non-hydrogen) atoms. The molecule has 1 N–H and O–H groups in total. The molecule has 0 amide bonds. The molecule has 5 atom stereocenters. The van der Waals surface area contributed by atoms with Crippen LogP contribution in [0.5, 0.6) is 0 Å². The average molecular weight is 523 g/mol. The standard InChI is InChI=1S/C28H26O8S/c1-18(29)33-23-22(17-37-21-15-9-4-10-16-21)34-28(32)25(36-27(31)20-13-7-3-8-14-20)24(23)35-26(30)19-11-5-2-6-12-19/h2-16,22-25,28,32H,17H2,1H3/t22-,23-,24+,25-,28+/m1/s1. The third-order valence-corrected chi connectivity index (χ3v) is 6.67. The maximum atomic E-state index is 13.0. The van der Waals surface area contributed by atoms with Crippen molar-refractivity contribution in [3.8, 4) is 0 Å². The van der Waals surface area contributed by atoms with E-state index >= 15 is 0 Å². The van der Waals surface area contributed by atoms with Gasteiger partial charge in [-0.25, -0.2) is 9.59 Å². The van der Waals surface area contributed by atoms with Gasteiger partial charge in [0.05, 0.1) is 11.1 Å². The summed E-state index contributed by atoms with van der Waals surface area (Å²) in [7, 11) is 0. The lowest BCUT2D eigenvalue weighted by atomic mass is 9.98. The van der Waals surface area contributed by atoms with Crippen LogP contribution in [0.15, 0.2) is 95.9 Å². The van der Waals surface area contributed by atoms with Crippen LogP contribution in [0.4, 0.5) is 0 Å². The number of benzene rings is 3. The molecule has 8 nitrogen and oxygen atoms in total. The first-order valence-electron chi connectivity index (χ1n) is 11.6. The highest BCUT2D eigenvalue weighted by Gasteiger charge is 2.51. The lowest BCUT2D eigenvalue weighted by molar-refractivity contribution is -0.278. The van der Waals surface area contributed by atoms with Gasteiger partial charge in [-0.1, -0.05) is 54.6 Å². The molecular weight excluding hydrogens is 496 g/mol. The van der Waals surface area contributed by atoms with E-state index in [1.807, 2.05) is 30.3 Å². The predicted octanol–water partition coefficient (Wildman–Crippen LogP) is 3.88. The summed E-state index contributed by atoms with van der Waals surface area (Å²) in [4.78, 5) is 38.8. The molecule has 1 aliphatic heterocycles. The molecule has 0 aliphatic carbocycles. The van der Waals surface area contributed by atoms with Crippen molar-refractivity contribution in [2.75, 3.05) is 5.75 Å². The zero-order valence-corrected chi connectivity index (χ0v) is 20.8. The number of carbonyl (C=O) groups is 3. The third kappa shape index (κ3) is 6.97. The summed E-state index contributed by atoms with van der Waals surface area (Å²) < 4.78 is 22.7. The van der Waals surface area contributed by atoms with E-state index in [4.69, 9.17) is 18.9 Å². The van der Waals surface area contributed by atoms with E-state index in [0.717, 1.165) is 4.90 Å². The van der Waals surface area contributed by atoms with E-state index < -0.39 is 48.6 Å². The van der Waals surface area contributed by atoms with Gasteiger partial charge in [0.2, 0.25) is 0 Å². The number of hydrogen-bond donors (Lipinski definition) is 1. The summed E-state index contributed by atoms with van der Waals surface area (Å²) >= 11 is 1.41. The number of hydrogen-bond acceptors (Lipinski definition) is 9. The number of carbonyl (C=O) groups excluding carboxylic acids is 3. The maximum absolute atomic E-state index is 13.0. The van der Waals surface area contributed by atoms with Crippen LogP contribution in [0.1, 0.15) is 27.6 Å². The molecule has 0 radical (unpaired) electrons. The molecule has 1 heterocycles. The highest BCUT2D eigenvalue weighted by molar-refractivity contribution is 7.99. The van der Waals surface area contributed by atoms with Crippen molar-refractivity contribution in [1.29, 1.82) is 0 Å². The number of ether oxygens (including phenoxy) is 4. The summed E-state index contributed by atoms with van der Waals surface area (Å²) in [6.45, 7) is 1.22. The molecule has 0 bridgehead atoms. The first-order valence-corrected chi connectivity index (χ1v) is 12.6. The van der Waals surface area contributed by atoms with Crippen molar-refractivity contribution in [1.82, 2.24) is 0 Å². The van der Waals surface area contributed by atoms with Crippen LogP contribution in [0.2, 0.25) is 0 Å². The lowest BCUT2D eigenvalue weighted by Crippen LogP contribution is -2.62. The summed E-state index contributed by atoms with van der Waals surface area (Å²) in [6.07, 6.45) is -6.46. The van der Waals surface area contributed by atoms with Crippen LogP contribution < -0.4 is 0 Å². The van der Waals surface area contributed by atoms with E-state index in [0.29, 0.717) is 0 Å². The normalized spacial score (nSPS) is 23.0. The van der Waals surface area contributed by atoms with Crippen molar-refractivity contribution >= 4 is 29.7 Å². The highest BCUT2D eigenvalue weighted by atomic mass is 32.2. The van der Waals surface area contributed by atoms with Crippen molar-refractivity contribution < 1.29 is 38.4 Å². The van der Waals surface area contributed by atoms with E-state index in [9.17, 15) is 19.5 Å². The van der Waals surface area contributed by atoms with Gasteiger partial charge in [0.15, 0.2) is 24.6 Å². The van der Waals surface area contributed by atoms with Gasteiger partial charge in [0.25, 0.3) is 0 Å². The fourth-order valence-corrected chi connectivity index (χ4v) is 4.82. The van der Waals surface area contributed by atoms with Gasteiger partial charge in [-0.05, 0) is 36.4 Å². The molecule has 1 aliphatic rings. The molecule has 1 fully saturated rings. The Morgan fingerprint density at radius 1 is 0.730 bits per heavy atom. The highest BCUT2D eigenvalue weighted by Crippen LogP contribution is 2.32. The summed E-state index contributed by atoms with van der Waals surface area (Å²) in [5.74, 6) is -1.87. The average Bonchev–Trinajstić information content (AvgIpc) is 2.92. The second-order valence-corrected chi connectivity index (χ2v) is 9.33. The molecule has 3 aromatic carbocycles.